The van der Waals surface area contributed by atoms with Gasteiger partial charge in [-0.2, -0.15) is 0 Å². The van der Waals surface area contributed by atoms with Crippen molar-refractivity contribution in [3.05, 3.63) is 23.2 Å². The van der Waals surface area contributed by atoms with Gasteiger partial charge in [0, 0.05) is 18.8 Å². The quantitative estimate of drug-likeness (QED) is 0.834. The van der Waals surface area contributed by atoms with Gasteiger partial charge in [0.05, 0.1) is 10.6 Å². The number of nitrogen functional groups attached to an aromatic ring is 1. The summed E-state index contributed by atoms with van der Waals surface area (Å²) in [6, 6.07) is 5.43. The summed E-state index contributed by atoms with van der Waals surface area (Å²) in [6.07, 6.45) is 0. The highest BCUT2D eigenvalue weighted by molar-refractivity contribution is 6.33. The Bertz CT molecular complexity index is 529. The van der Waals surface area contributed by atoms with Crippen molar-refractivity contribution in [1.82, 2.24) is 14.8 Å². The summed E-state index contributed by atoms with van der Waals surface area (Å²) in [5.41, 5.74) is 7.31. The zero-order valence-electron chi connectivity index (χ0n) is 10.4. The van der Waals surface area contributed by atoms with Crippen molar-refractivity contribution in [2.75, 3.05) is 17.6 Å². The zero-order valence-corrected chi connectivity index (χ0v) is 11.2. The molecule has 0 saturated carbocycles. The van der Waals surface area contributed by atoms with E-state index in [0.717, 1.165) is 24.6 Å². The molecule has 0 aliphatic rings. The maximum Gasteiger partial charge on any atom is 0.224 e. The molecule has 2 aromatic rings. The number of nitrogens with two attached hydrogens (primary N) is 1. The van der Waals surface area contributed by atoms with Crippen LogP contribution in [0.3, 0.4) is 0 Å². The second-order valence-corrected chi connectivity index (χ2v) is 4.23. The summed E-state index contributed by atoms with van der Waals surface area (Å²) in [6.45, 7) is 5.57. The number of halogens is 1. The van der Waals surface area contributed by atoms with Crippen molar-refractivity contribution < 1.29 is 0 Å². The molecule has 0 amide bonds. The van der Waals surface area contributed by atoms with E-state index in [4.69, 9.17) is 17.3 Å². The van der Waals surface area contributed by atoms with Crippen LogP contribution in [-0.2, 0) is 6.54 Å². The molecule has 0 spiro atoms. The van der Waals surface area contributed by atoms with Gasteiger partial charge in [0.2, 0.25) is 5.95 Å². The molecule has 1 aromatic carbocycles. The minimum Gasteiger partial charge on any atom is -0.398 e. The molecule has 2 rings (SSSR count). The molecule has 18 heavy (non-hydrogen) atoms. The summed E-state index contributed by atoms with van der Waals surface area (Å²) in [7, 11) is 0. The Labute approximate surface area is 111 Å². The van der Waals surface area contributed by atoms with Gasteiger partial charge in [0.25, 0.3) is 0 Å². The highest BCUT2D eigenvalue weighted by Gasteiger charge is 2.16. The Kier molecular flexibility index (Phi) is 3.72. The molecule has 1 heterocycles. The van der Waals surface area contributed by atoms with Gasteiger partial charge in [-0.3, -0.25) is 4.57 Å². The topological polar surface area (TPSA) is 68.8 Å². The van der Waals surface area contributed by atoms with Crippen LogP contribution in [0.5, 0.6) is 0 Å². The first-order valence-electron chi connectivity index (χ1n) is 5.90. The SMILES string of the molecule is CCNc1nnc(-c2c(N)cccc2Cl)n1CC. The van der Waals surface area contributed by atoms with Gasteiger partial charge in [-0.25, -0.2) is 0 Å². The average molecular weight is 266 g/mol. The Hall–Kier alpha value is -1.75. The van der Waals surface area contributed by atoms with E-state index < -0.39 is 0 Å². The van der Waals surface area contributed by atoms with Crippen LogP contribution in [0.1, 0.15) is 13.8 Å². The van der Waals surface area contributed by atoms with Crippen molar-refractivity contribution in [2.24, 2.45) is 0 Å². The fourth-order valence-electron chi connectivity index (χ4n) is 1.85. The van der Waals surface area contributed by atoms with E-state index >= 15 is 0 Å². The van der Waals surface area contributed by atoms with Crippen LogP contribution in [0.25, 0.3) is 11.4 Å². The molecule has 0 bridgehead atoms. The van der Waals surface area contributed by atoms with Crippen molar-refractivity contribution in [3.63, 3.8) is 0 Å². The van der Waals surface area contributed by atoms with E-state index in [0.29, 0.717) is 16.5 Å². The maximum absolute atomic E-state index is 6.20. The summed E-state index contributed by atoms with van der Waals surface area (Å²) in [4.78, 5) is 0. The van der Waals surface area contributed by atoms with Gasteiger partial charge in [-0.1, -0.05) is 17.7 Å². The number of nitrogens with one attached hydrogen (secondary N) is 1. The van der Waals surface area contributed by atoms with E-state index in [9.17, 15) is 0 Å². The molecule has 6 heteroatoms. The first-order chi connectivity index (χ1) is 8.69. The summed E-state index contributed by atoms with van der Waals surface area (Å²) in [5.74, 6) is 1.42. The van der Waals surface area contributed by atoms with Crippen LogP contribution in [0.4, 0.5) is 11.6 Å². The number of rotatable bonds is 4. The molecular weight excluding hydrogens is 250 g/mol. The molecule has 0 aliphatic heterocycles. The summed E-state index contributed by atoms with van der Waals surface area (Å²) >= 11 is 6.20. The molecular formula is C12H16ClN5. The highest BCUT2D eigenvalue weighted by Crippen LogP contribution is 2.32. The number of nitrogens with zero attached hydrogens (tertiary/aromatic N) is 3. The Morgan fingerprint density at radius 2 is 2.11 bits per heavy atom. The van der Waals surface area contributed by atoms with Gasteiger partial charge in [0.15, 0.2) is 5.82 Å². The molecule has 0 radical (unpaired) electrons. The minimum absolute atomic E-state index is 0.583. The third kappa shape index (κ3) is 2.13. The van der Waals surface area contributed by atoms with Crippen molar-refractivity contribution in [1.29, 1.82) is 0 Å². The predicted octanol–water partition coefficient (Wildman–Crippen LogP) is 2.63. The molecule has 0 fully saturated rings. The smallest absolute Gasteiger partial charge is 0.224 e. The maximum atomic E-state index is 6.20. The third-order valence-corrected chi connectivity index (χ3v) is 2.99. The lowest BCUT2D eigenvalue weighted by Gasteiger charge is -2.10. The molecule has 0 unspecified atom stereocenters. The van der Waals surface area contributed by atoms with E-state index in [1.165, 1.54) is 0 Å². The van der Waals surface area contributed by atoms with Crippen molar-refractivity contribution in [3.8, 4) is 11.4 Å². The van der Waals surface area contributed by atoms with Gasteiger partial charge >= 0.3 is 0 Å². The number of hydrogen-bond acceptors (Lipinski definition) is 4. The van der Waals surface area contributed by atoms with Gasteiger partial charge in [-0.15, -0.1) is 10.2 Å². The van der Waals surface area contributed by atoms with Crippen molar-refractivity contribution >= 4 is 23.2 Å². The number of benzene rings is 1. The fourth-order valence-corrected chi connectivity index (χ4v) is 2.12. The Morgan fingerprint density at radius 1 is 1.33 bits per heavy atom. The lowest BCUT2D eigenvalue weighted by atomic mass is 10.1. The number of aromatic nitrogens is 3. The van der Waals surface area contributed by atoms with Gasteiger partial charge < -0.3 is 11.1 Å². The predicted molar refractivity (Wildman–Crippen MR) is 74.7 cm³/mol. The van der Waals surface area contributed by atoms with Crippen molar-refractivity contribution in [2.45, 2.75) is 20.4 Å². The lowest BCUT2D eigenvalue weighted by Crippen LogP contribution is -2.07. The fraction of sp³-hybridized carbons (Fsp3) is 0.333. The molecule has 0 saturated heterocycles. The van der Waals surface area contributed by atoms with E-state index in [1.54, 1.807) is 6.07 Å². The van der Waals surface area contributed by atoms with Crippen LogP contribution < -0.4 is 11.1 Å². The standard InChI is InChI=1S/C12H16ClN5/c1-3-15-12-17-16-11(18(12)4-2)10-8(13)6-5-7-9(10)14/h5-7H,3-4,14H2,1-2H3,(H,15,17). The van der Waals surface area contributed by atoms with Crippen LogP contribution in [-0.4, -0.2) is 21.3 Å². The molecule has 96 valence electrons. The molecule has 1 aromatic heterocycles. The largest absolute Gasteiger partial charge is 0.398 e. The van der Waals surface area contributed by atoms with Gasteiger partial charge in [-0.05, 0) is 26.0 Å². The minimum atomic E-state index is 0.583. The second-order valence-electron chi connectivity index (χ2n) is 3.83. The summed E-state index contributed by atoms with van der Waals surface area (Å²) in [5, 5.41) is 12.1. The van der Waals surface area contributed by atoms with E-state index in [2.05, 4.69) is 15.5 Å². The first-order valence-corrected chi connectivity index (χ1v) is 6.28. The zero-order chi connectivity index (χ0) is 13.1. The monoisotopic (exact) mass is 265 g/mol. The summed E-state index contributed by atoms with van der Waals surface area (Å²) < 4.78 is 1.96. The van der Waals surface area contributed by atoms with Crippen LogP contribution in [0.2, 0.25) is 5.02 Å². The molecule has 3 N–H and O–H groups in total. The van der Waals surface area contributed by atoms with E-state index in [1.807, 2.05) is 30.5 Å². The molecule has 0 atom stereocenters. The third-order valence-electron chi connectivity index (χ3n) is 2.67. The van der Waals surface area contributed by atoms with Crippen LogP contribution in [0.15, 0.2) is 18.2 Å². The lowest BCUT2D eigenvalue weighted by molar-refractivity contribution is 0.770. The van der Waals surface area contributed by atoms with Crippen LogP contribution >= 0.6 is 11.6 Å². The average Bonchev–Trinajstić information content (AvgIpc) is 2.72. The number of hydrogen-bond donors (Lipinski definition) is 2. The second kappa shape index (κ2) is 5.27. The number of anilines is 2. The Morgan fingerprint density at radius 3 is 2.72 bits per heavy atom. The normalized spacial score (nSPS) is 10.6. The van der Waals surface area contributed by atoms with Crippen LogP contribution in [0, 0.1) is 0 Å². The highest BCUT2D eigenvalue weighted by atomic mass is 35.5. The first kappa shape index (κ1) is 12.7. The Balaban J connectivity index is 2.57. The van der Waals surface area contributed by atoms with E-state index in [-0.39, 0.29) is 0 Å². The van der Waals surface area contributed by atoms with Gasteiger partial charge in [0.1, 0.15) is 0 Å². The molecule has 0 aliphatic carbocycles. The molecule has 5 nitrogen and oxygen atoms in total.